The molecule has 9 nitrogen and oxygen atoms in total. The molecule has 0 spiro atoms. The monoisotopic (exact) mass is 473 g/mol. The van der Waals surface area contributed by atoms with Gasteiger partial charge in [-0.15, -0.1) is 0 Å². The summed E-state index contributed by atoms with van der Waals surface area (Å²) in [5.74, 6) is -0.582. The second-order valence-corrected chi connectivity index (χ2v) is 9.05. The standard InChI is InChI=1S/C25H35N3O6/c1-16-21(32-5)14-28(3)25(30)19-8-6-7-17(13-26)23(19)33-15-22-20(31-4)10-9-18(34-22)11-12-27(2)24(16)29/h6-8,16,18,20-22H,9-12,14-15H2,1-5H3/t16-,18-,20+,21+,22+/m0/s1. The van der Waals surface area contributed by atoms with Crippen molar-refractivity contribution in [1.29, 1.82) is 5.26 Å². The molecule has 0 unspecified atom stereocenters. The van der Waals surface area contributed by atoms with Gasteiger partial charge in [-0.2, -0.15) is 5.26 Å². The third-order valence-electron chi connectivity index (χ3n) is 6.83. The van der Waals surface area contributed by atoms with Crippen LogP contribution in [0.25, 0.3) is 0 Å². The number of nitriles is 1. The first-order chi connectivity index (χ1) is 16.3. The van der Waals surface area contributed by atoms with E-state index >= 15 is 0 Å². The van der Waals surface area contributed by atoms with Crippen LogP contribution in [0.3, 0.4) is 0 Å². The van der Waals surface area contributed by atoms with Gasteiger partial charge in [-0.05, 0) is 31.4 Å². The molecule has 0 aliphatic carbocycles. The van der Waals surface area contributed by atoms with Gasteiger partial charge in [0.1, 0.15) is 24.5 Å². The maximum atomic E-state index is 13.4. The molecule has 1 aromatic carbocycles. The summed E-state index contributed by atoms with van der Waals surface area (Å²) in [7, 11) is 6.61. The lowest BCUT2D eigenvalue weighted by molar-refractivity contribution is -0.147. The fourth-order valence-corrected chi connectivity index (χ4v) is 4.63. The predicted octanol–water partition coefficient (Wildman–Crippen LogP) is 2.08. The number of rotatable bonds is 2. The molecule has 34 heavy (non-hydrogen) atoms. The van der Waals surface area contributed by atoms with Crippen molar-refractivity contribution in [3.05, 3.63) is 29.3 Å². The van der Waals surface area contributed by atoms with Crippen LogP contribution in [0.2, 0.25) is 0 Å². The quantitative estimate of drug-likeness (QED) is 0.648. The van der Waals surface area contributed by atoms with Crippen LogP contribution >= 0.6 is 0 Å². The number of ether oxygens (including phenoxy) is 4. The molecule has 0 saturated carbocycles. The molecule has 1 aromatic rings. The summed E-state index contributed by atoms with van der Waals surface area (Å²) in [4.78, 5) is 29.7. The van der Waals surface area contributed by atoms with Crippen LogP contribution in [0.5, 0.6) is 5.75 Å². The topological polar surface area (TPSA) is 101 Å². The zero-order chi connectivity index (χ0) is 24.8. The van der Waals surface area contributed by atoms with E-state index in [1.54, 1.807) is 44.3 Å². The predicted molar refractivity (Wildman–Crippen MR) is 125 cm³/mol. The highest BCUT2D eigenvalue weighted by atomic mass is 16.6. The van der Waals surface area contributed by atoms with E-state index in [2.05, 4.69) is 6.07 Å². The number of hydrogen-bond acceptors (Lipinski definition) is 7. The molecule has 1 saturated heterocycles. The molecule has 2 aliphatic heterocycles. The van der Waals surface area contributed by atoms with Gasteiger partial charge in [0.2, 0.25) is 5.91 Å². The van der Waals surface area contributed by atoms with Gasteiger partial charge in [0.05, 0.1) is 35.4 Å². The Bertz CT molecular complexity index is 916. The SMILES string of the molecule is CO[C@@H]1CN(C)C(=O)c2cccc(C#N)c2OC[C@H]2O[C@@H](CC[C@H]2OC)CCN(C)C(=O)[C@H]1C. The fourth-order valence-electron chi connectivity index (χ4n) is 4.63. The van der Waals surface area contributed by atoms with Crippen molar-refractivity contribution in [2.75, 3.05) is 48.0 Å². The van der Waals surface area contributed by atoms with Gasteiger partial charge >= 0.3 is 0 Å². The highest BCUT2D eigenvalue weighted by Gasteiger charge is 2.34. The third-order valence-corrected chi connectivity index (χ3v) is 6.83. The van der Waals surface area contributed by atoms with Crippen molar-refractivity contribution in [3.8, 4) is 11.8 Å². The van der Waals surface area contributed by atoms with Crippen molar-refractivity contribution in [2.45, 2.75) is 50.6 Å². The first kappa shape index (κ1) is 25.9. The molecular weight excluding hydrogens is 438 g/mol. The van der Waals surface area contributed by atoms with Crippen LogP contribution in [0.15, 0.2) is 18.2 Å². The lowest BCUT2D eigenvalue weighted by atomic mass is 9.98. The van der Waals surface area contributed by atoms with Crippen LogP contribution in [-0.2, 0) is 19.0 Å². The summed E-state index contributed by atoms with van der Waals surface area (Å²) in [5.41, 5.74) is 0.552. The smallest absolute Gasteiger partial charge is 0.257 e. The number of hydrogen-bond donors (Lipinski definition) is 0. The van der Waals surface area contributed by atoms with E-state index in [9.17, 15) is 14.9 Å². The van der Waals surface area contributed by atoms with E-state index in [-0.39, 0.29) is 60.2 Å². The number of carbonyl (C=O) groups is 2. The second-order valence-electron chi connectivity index (χ2n) is 9.05. The Morgan fingerprint density at radius 2 is 1.79 bits per heavy atom. The van der Waals surface area contributed by atoms with Gasteiger partial charge in [0.25, 0.3) is 5.91 Å². The highest BCUT2D eigenvalue weighted by Crippen LogP contribution is 2.29. The van der Waals surface area contributed by atoms with Crippen LogP contribution < -0.4 is 4.74 Å². The molecule has 9 heteroatoms. The summed E-state index contributed by atoms with van der Waals surface area (Å²) < 4.78 is 23.6. The maximum Gasteiger partial charge on any atom is 0.257 e. The summed E-state index contributed by atoms with van der Waals surface area (Å²) >= 11 is 0. The van der Waals surface area contributed by atoms with Crippen molar-refractivity contribution in [3.63, 3.8) is 0 Å². The highest BCUT2D eigenvalue weighted by molar-refractivity contribution is 5.97. The van der Waals surface area contributed by atoms with E-state index in [0.29, 0.717) is 13.0 Å². The zero-order valence-corrected chi connectivity index (χ0v) is 20.7. The summed E-state index contributed by atoms with van der Waals surface area (Å²) in [6.07, 6.45) is 1.25. The van der Waals surface area contributed by atoms with Gasteiger partial charge in [-0.1, -0.05) is 13.0 Å². The molecule has 186 valence electrons. The van der Waals surface area contributed by atoms with E-state index < -0.39 is 12.0 Å². The van der Waals surface area contributed by atoms with Gasteiger partial charge in [-0.25, -0.2) is 0 Å². The van der Waals surface area contributed by atoms with Crippen LogP contribution in [0.4, 0.5) is 0 Å². The Hall–Kier alpha value is -2.67. The van der Waals surface area contributed by atoms with E-state index in [4.69, 9.17) is 18.9 Å². The molecule has 0 N–H and O–H groups in total. The van der Waals surface area contributed by atoms with Crippen molar-refractivity contribution < 1.29 is 28.5 Å². The number of fused-ring (bicyclic) bond motifs is 3. The number of benzene rings is 1. The molecule has 2 bridgehead atoms. The largest absolute Gasteiger partial charge is 0.489 e. The number of para-hydroxylation sites is 1. The minimum absolute atomic E-state index is 0.0441. The number of nitrogens with zero attached hydrogens (tertiary/aromatic N) is 3. The fraction of sp³-hybridized carbons (Fsp3) is 0.640. The average Bonchev–Trinajstić information content (AvgIpc) is 2.86. The summed E-state index contributed by atoms with van der Waals surface area (Å²) in [6.45, 7) is 2.72. The number of methoxy groups -OCH3 is 2. The van der Waals surface area contributed by atoms with E-state index in [1.807, 2.05) is 6.92 Å². The molecule has 1 fully saturated rings. The lowest BCUT2D eigenvalue weighted by Crippen LogP contribution is -2.47. The van der Waals surface area contributed by atoms with Gasteiger partial charge in [0, 0.05) is 41.4 Å². The maximum absolute atomic E-state index is 13.4. The van der Waals surface area contributed by atoms with Crippen molar-refractivity contribution in [2.24, 2.45) is 5.92 Å². The molecule has 2 amide bonds. The molecule has 2 aliphatic rings. The Kier molecular flexibility index (Phi) is 8.89. The Labute approximate surface area is 201 Å². The van der Waals surface area contributed by atoms with E-state index in [0.717, 1.165) is 12.8 Å². The third kappa shape index (κ3) is 5.69. The molecular formula is C25H35N3O6. The number of carbonyl (C=O) groups excluding carboxylic acids is 2. The Morgan fingerprint density at radius 1 is 1.06 bits per heavy atom. The molecule has 5 atom stereocenters. The average molecular weight is 474 g/mol. The zero-order valence-electron chi connectivity index (χ0n) is 20.7. The van der Waals surface area contributed by atoms with Crippen molar-refractivity contribution in [1.82, 2.24) is 9.80 Å². The molecule has 3 rings (SSSR count). The minimum Gasteiger partial charge on any atom is -0.489 e. The number of amides is 2. The van der Waals surface area contributed by atoms with Gasteiger partial charge in [0.15, 0.2) is 0 Å². The van der Waals surface area contributed by atoms with Crippen LogP contribution in [0, 0.1) is 17.2 Å². The lowest BCUT2D eigenvalue weighted by Gasteiger charge is -2.37. The molecule has 0 aromatic heterocycles. The Balaban J connectivity index is 1.98. The van der Waals surface area contributed by atoms with Crippen molar-refractivity contribution >= 4 is 11.8 Å². The first-order valence-corrected chi connectivity index (χ1v) is 11.7. The van der Waals surface area contributed by atoms with Gasteiger partial charge < -0.3 is 28.7 Å². The second kappa shape index (κ2) is 11.6. The van der Waals surface area contributed by atoms with Crippen LogP contribution in [-0.4, -0.2) is 94.0 Å². The normalized spacial score (nSPS) is 29.2. The summed E-state index contributed by atoms with van der Waals surface area (Å²) in [6, 6.07) is 7.04. The first-order valence-electron chi connectivity index (χ1n) is 11.7. The van der Waals surface area contributed by atoms with Crippen LogP contribution in [0.1, 0.15) is 42.1 Å². The van der Waals surface area contributed by atoms with Gasteiger partial charge in [-0.3, -0.25) is 9.59 Å². The molecule has 0 radical (unpaired) electrons. The summed E-state index contributed by atoms with van der Waals surface area (Å²) in [5, 5.41) is 9.66. The Morgan fingerprint density at radius 3 is 2.47 bits per heavy atom. The molecule has 2 heterocycles. The number of likely N-dealkylation sites (N-methyl/N-ethyl adjacent to an activating group) is 1. The minimum atomic E-state index is -0.488. The van der Waals surface area contributed by atoms with E-state index in [1.165, 1.54) is 12.0 Å².